The van der Waals surface area contributed by atoms with E-state index in [1.807, 2.05) is 46.2 Å². The lowest BCUT2D eigenvalue weighted by Crippen LogP contribution is -2.49. The Morgan fingerprint density at radius 1 is 0.857 bits per heavy atom. The second kappa shape index (κ2) is 9.22. The van der Waals surface area contributed by atoms with Crippen molar-refractivity contribution in [1.82, 2.24) is 24.5 Å². The first-order chi connectivity index (χ1) is 17.2. The second-order valence-corrected chi connectivity index (χ2v) is 9.37. The molecular weight excluding hydrogens is 446 g/mol. The summed E-state index contributed by atoms with van der Waals surface area (Å²) < 4.78 is 12.6. The molecule has 9 nitrogen and oxygen atoms in total. The number of amides is 2. The highest BCUT2D eigenvalue weighted by atomic mass is 16.7. The maximum absolute atomic E-state index is 13.2. The van der Waals surface area contributed by atoms with Gasteiger partial charge in [-0.2, -0.15) is 5.10 Å². The molecule has 6 rings (SSSR count). The van der Waals surface area contributed by atoms with Gasteiger partial charge in [0.2, 0.25) is 12.7 Å². The average Bonchev–Trinajstić information content (AvgIpc) is 3.64. The summed E-state index contributed by atoms with van der Waals surface area (Å²) in [6, 6.07) is 13.7. The summed E-state index contributed by atoms with van der Waals surface area (Å²) in [4.78, 5) is 32.3. The summed E-state index contributed by atoms with van der Waals surface area (Å²) in [6.07, 6.45) is 2.06. The van der Waals surface area contributed by atoms with Crippen molar-refractivity contribution in [2.45, 2.75) is 25.9 Å². The smallest absolute Gasteiger partial charge is 0.275 e. The molecule has 0 bridgehead atoms. The van der Waals surface area contributed by atoms with E-state index in [1.165, 1.54) is 5.56 Å². The molecule has 35 heavy (non-hydrogen) atoms. The molecular formula is C26H29N5O4. The van der Waals surface area contributed by atoms with Crippen molar-refractivity contribution >= 4 is 22.7 Å². The van der Waals surface area contributed by atoms with E-state index < -0.39 is 0 Å². The van der Waals surface area contributed by atoms with E-state index in [-0.39, 0.29) is 25.2 Å². The molecule has 3 aromatic rings. The number of hydrogen-bond donors (Lipinski definition) is 0. The van der Waals surface area contributed by atoms with Gasteiger partial charge in [-0.25, -0.2) is 0 Å². The van der Waals surface area contributed by atoms with E-state index in [0.29, 0.717) is 18.8 Å². The van der Waals surface area contributed by atoms with Crippen molar-refractivity contribution in [3.8, 4) is 11.5 Å². The van der Waals surface area contributed by atoms with Crippen LogP contribution in [0.2, 0.25) is 0 Å². The van der Waals surface area contributed by atoms with Crippen molar-refractivity contribution in [2.75, 3.05) is 46.1 Å². The first-order valence-corrected chi connectivity index (χ1v) is 12.3. The monoisotopic (exact) mass is 475 g/mol. The number of para-hydroxylation sites is 1. The standard InChI is InChI=1S/C26H29N5O4/c32-24(29-13-11-28(12-14-29)16-19-7-8-22-23(15-19)35-18-34-22)17-31-21-6-2-1-5-20(21)25(27-31)26(33)30-9-3-4-10-30/h1-2,5-8,15H,3-4,9-14,16-18H2. The lowest BCUT2D eigenvalue weighted by molar-refractivity contribution is -0.133. The maximum atomic E-state index is 13.2. The van der Waals surface area contributed by atoms with Crippen LogP contribution in [0.4, 0.5) is 0 Å². The minimum Gasteiger partial charge on any atom is -0.454 e. The molecule has 0 unspecified atom stereocenters. The third-order valence-electron chi connectivity index (χ3n) is 7.11. The van der Waals surface area contributed by atoms with Gasteiger partial charge < -0.3 is 19.3 Å². The molecule has 0 spiro atoms. The highest BCUT2D eigenvalue weighted by Crippen LogP contribution is 2.33. The van der Waals surface area contributed by atoms with Crippen molar-refractivity contribution < 1.29 is 19.1 Å². The summed E-state index contributed by atoms with van der Waals surface area (Å²) in [5.74, 6) is 1.58. The van der Waals surface area contributed by atoms with Gasteiger partial charge >= 0.3 is 0 Å². The van der Waals surface area contributed by atoms with Crippen LogP contribution in [0.15, 0.2) is 42.5 Å². The molecule has 182 valence electrons. The van der Waals surface area contributed by atoms with Gasteiger partial charge in [-0.3, -0.25) is 19.2 Å². The van der Waals surface area contributed by atoms with E-state index in [2.05, 4.69) is 16.1 Å². The number of nitrogens with zero attached hydrogens (tertiary/aromatic N) is 5. The lowest BCUT2D eigenvalue weighted by Gasteiger charge is -2.34. The predicted octanol–water partition coefficient (Wildman–Crippen LogP) is 2.35. The highest BCUT2D eigenvalue weighted by Gasteiger charge is 2.27. The molecule has 0 radical (unpaired) electrons. The molecule has 0 N–H and O–H groups in total. The Labute approximate surface area is 203 Å². The van der Waals surface area contributed by atoms with Gasteiger partial charge in [-0.1, -0.05) is 24.3 Å². The molecule has 4 heterocycles. The molecule has 1 aromatic heterocycles. The maximum Gasteiger partial charge on any atom is 0.275 e. The molecule has 0 atom stereocenters. The third kappa shape index (κ3) is 4.32. The Bertz CT molecular complexity index is 1260. The number of fused-ring (bicyclic) bond motifs is 2. The number of rotatable bonds is 5. The first-order valence-electron chi connectivity index (χ1n) is 12.3. The minimum atomic E-state index is -0.0398. The van der Waals surface area contributed by atoms with Gasteiger partial charge in [0.15, 0.2) is 17.2 Å². The van der Waals surface area contributed by atoms with E-state index in [0.717, 1.165) is 68.0 Å². The predicted molar refractivity (Wildman–Crippen MR) is 129 cm³/mol. The van der Waals surface area contributed by atoms with Gasteiger partial charge in [-0.15, -0.1) is 0 Å². The molecule has 2 amide bonds. The normalized spacial score (nSPS) is 17.9. The number of likely N-dealkylation sites (tertiary alicyclic amines) is 1. The zero-order chi connectivity index (χ0) is 23.8. The van der Waals surface area contributed by atoms with E-state index in [9.17, 15) is 9.59 Å². The quantitative estimate of drug-likeness (QED) is 0.564. The van der Waals surface area contributed by atoms with Crippen LogP contribution in [0.5, 0.6) is 11.5 Å². The summed E-state index contributed by atoms with van der Waals surface area (Å²) in [5.41, 5.74) is 2.45. The second-order valence-electron chi connectivity index (χ2n) is 9.37. The Balaban J connectivity index is 1.10. The van der Waals surface area contributed by atoms with Gasteiger partial charge in [0.25, 0.3) is 5.91 Å². The Morgan fingerprint density at radius 2 is 1.63 bits per heavy atom. The number of piperazine rings is 1. The molecule has 2 saturated heterocycles. The van der Waals surface area contributed by atoms with Crippen LogP contribution in [-0.2, 0) is 17.9 Å². The summed E-state index contributed by atoms with van der Waals surface area (Å²) in [7, 11) is 0. The van der Waals surface area contributed by atoms with Crippen LogP contribution in [0.3, 0.4) is 0 Å². The van der Waals surface area contributed by atoms with E-state index >= 15 is 0 Å². The summed E-state index contributed by atoms with van der Waals surface area (Å²) >= 11 is 0. The van der Waals surface area contributed by atoms with E-state index in [4.69, 9.17) is 9.47 Å². The number of carbonyl (C=O) groups excluding carboxylic acids is 2. The lowest BCUT2D eigenvalue weighted by atomic mass is 10.1. The summed E-state index contributed by atoms with van der Waals surface area (Å²) in [5, 5.41) is 5.42. The zero-order valence-corrected chi connectivity index (χ0v) is 19.7. The first kappa shape index (κ1) is 21.9. The van der Waals surface area contributed by atoms with Crippen LogP contribution in [0.25, 0.3) is 10.9 Å². The summed E-state index contributed by atoms with van der Waals surface area (Å²) in [6.45, 7) is 5.71. The molecule has 0 saturated carbocycles. The largest absolute Gasteiger partial charge is 0.454 e. The highest BCUT2D eigenvalue weighted by molar-refractivity contribution is 6.05. The third-order valence-corrected chi connectivity index (χ3v) is 7.11. The van der Waals surface area contributed by atoms with E-state index in [1.54, 1.807) is 4.68 Å². The van der Waals surface area contributed by atoms with Gasteiger partial charge in [-0.05, 0) is 36.6 Å². The Kier molecular flexibility index (Phi) is 5.77. The fourth-order valence-corrected chi connectivity index (χ4v) is 5.16. The number of carbonyl (C=O) groups is 2. The average molecular weight is 476 g/mol. The van der Waals surface area contributed by atoms with Crippen molar-refractivity contribution in [3.05, 3.63) is 53.7 Å². The topological polar surface area (TPSA) is 80.1 Å². The fourth-order valence-electron chi connectivity index (χ4n) is 5.16. The van der Waals surface area contributed by atoms with Crippen LogP contribution in [0.1, 0.15) is 28.9 Å². The van der Waals surface area contributed by atoms with Crippen LogP contribution < -0.4 is 9.47 Å². The van der Waals surface area contributed by atoms with Gasteiger partial charge in [0, 0.05) is 51.2 Å². The van der Waals surface area contributed by atoms with Crippen LogP contribution in [-0.4, -0.2) is 82.4 Å². The Morgan fingerprint density at radius 3 is 2.46 bits per heavy atom. The van der Waals surface area contributed by atoms with Gasteiger partial charge in [0.1, 0.15) is 6.54 Å². The van der Waals surface area contributed by atoms with Gasteiger partial charge in [0.05, 0.1) is 5.52 Å². The number of hydrogen-bond acceptors (Lipinski definition) is 6. The molecule has 3 aliphatic heterocycles. The Hall–Kier alpha value is -3.59. The fraction of sp³-hybridized carbons (Fsp3) is 0.423. The molecule has 3 aliphatic rings. The minimum absolute atomic E-state index is 0.0288. The van der Waals surface area contributed by atoms with Crippen molar-refractivity contribution in [3.63, 3.8) is 0 Å². The van der Waals surface area contributed by atoms with Crippen LogP contribution in [0, 0.1) is 0 Å². The number of aromatic nitrogens is 2. The molecule has 0 aliphatic carbocycles. The SMILES string of the molecule is O=C(Cn1nc(C(=O)N2CCCC2)c2ccccc21)N1CCN(Cc2ccc3c(c2)OCO3)CC1. The molecule has 2 fully saturated rings. The molecule has 2 aromatic carbocycles. The number of benzene rings is 2. The van der Waals surface area contributed by atoms with Crippen LogP contribution >= 0.6 is 0 Å². The molecule has 9 heteroatoms. The van der Waals surface area contributed by atoms with Crippen molar-refractivity contribution in [2.24, 2.45) is 0 Å². The number of ether oxygens (including phenoxy) is 2. The zero-order valence-electron chi connectivity index (χ0n) is 19.7. The van der Waals surface area contributed by atoms with Crippen molar-refractivity contribution in [1.29, 1.82) is 0 Å².